The van der Waals surface area contributed by atoms with Gasteiger partial charge in [0, 0.05) is 18.0 Å². The van der Waals surface area contributed by atoms with Crippen LogP contribution in [-0.4, -0.2) is 30.1 Å². The van der Waals surface area contributed by atoms with E-state index in [9.17, 15) is 0 Å². The molecule has 0 aliphatic carbocycles. The van der Waals surface area contributed by atoms with Crippen LogP contribution in [0, 0.1) is 5.92 Å². The van der Waals surface area contributed by atoms with Crippen molar-refractivity contribution in [2.45, 2.75) is 33.2 Å². The Morgan fingerprint density at radius 2 is 2.11 bits per heavy atom. The Morgan fingerprint density at radius 3 is 2.74 bits per heavy atom. The fourth-order valence-electron chi connectivity index (χ4n) is 1.69. The molecule has 3 nitrogen and oxygen atoms in total. The summed E-state index contributed by atoms with van der Waals surface area (Å²) in [7, 11) is 2.00. The molecule has 0 amide bonds. The average molecular weight is 282 g/mol. The van der Waals surface area contributed by atoms with Crippen molar-refractivity contribution in [3.05, 3.63) is 24.0 Å². The zero-order valence-electron chi connectivity index (χ0n) is 12.5. The van der Waals surface area contributed by atoms with Crippen LogP contribution in [0.4, 0.5) is 0 Å². The number of pyridine rings is 1. The molecule has 0 fully saturated rings. The van der Waals surface area contributed by atoms with Crippen LogP contribution in [0.3, 0.4) is 0 Å². The first-order chi connectivity index (χ1) is 9.17. The third kappa shape index (κ3) is 6.30. The van der Waals surface area contributed by atoms with Crippen LogP contribution in [0.5, 0.6) is 5.75 Å². The van der Waals surface area contributed by atoms with Gasteiger partial charge in [-0.15, -0.1) is 0 Å². The second-order valence-corrected chi connectivity index (χ2v) is 6.15. The van der Waals surface area contributed by atoms with Crippen molar-refractivity contribution < 1.29 is 4.74 Å². The third-order valence-electron chi connectivity index (χ3n) is 2.69. The van der Waals surface area contributed by atoms with Gasteiger partial charge in [0.25, 0.3) is 0 Å². The van der Waals surface area contributed by atoms with Crippen molar-refractivity contribution >= 4 is 11.8 Å². The normalized spacial score (nSPS) is 12.7. The fraction of sp³-hybridized carbons (Fsp3) is 0.667. The summed E-state index contributed by atoms with van der Waals surface area (Å²) in [5.41, 5.74) is 1.20. The number of nitrogens with zero attached hydrogens (tertiary/aromatic N) is 1. The molecule has 4 heteroatoms. The average Bonchev–Trinajstić information content (AvgIpc) is 2.41. The molecular formula is C15H26N2OS. The molecule has 0 spiro atoms. The van der Waals surface area contributed by atoms with Crippen LogP contribution in [0.15, 0.2) is 18.5 Å². The Kier molecular flexibility index (Phi) is 7.91. The number of hydrogen-bond acceptors (Lipinski definition) is 4. The summed E-state index contributed by atoms with van der Waals surface area (Å²) < 4.78 is 5.64. The quantitative estimate of drug-likeness (QED) is 0.751. The van der Waals surface area contributed by atoms with E-state index < -0.39 is 0 Å². The monoisotopic (exact) mass is 282 g/mol. The van der Waals surface area contributed by atoms with Crippen molar-refractivity contribution in [3.63, 3.8) is 0 Å². The van der Waals surface area contributed by atoms with Crippen molar-refractivity contribution in [2.24, 2.45) is 5.92 Å². The van der Waals surface area contributed by atoms with Gasteiger partial charge in [0.05, 0.1) is 12.8 Å². The van der Waals surface area contributed by atoms with E-state index in [-0.39, 0.29) is 0 Å². The molecule has 0 aliphatic rings. The van der Waals surface area contributed by atoms with Gasteiger partial charge >= 0.3 is 0 Å². The van der Waals surface area contributed by atoms with Crippen LogP contribution in [0.2, 0.25) is 0 Å². The van der Waals surface area contributed by atoms with Crippen LogP contribution in [0.1, 0.15) is 38.8 Å². The first-order valence-electron chi connectivity index (χ1n) is 7.00. The maximum absolute atomic E-state index is 5.64. The molecule has 1 atom stereocenters. The predicted molar refractivity (Wildman–Crippen MR) is 84.0 cm³/mol. The molecule has 1 unspecified atom stereocenters. The van der Waals surface area contributed by atoms with E-state index in [1.807, 2.05) is 25.0 Å². The molecule has 0 saturated carbocycles. The summed E-state index contributed by atoms with van der Waals surface area (Å²) in [6, 6.07) is 2.43. The van der Waals surface area contributed by atoms with Gasteiger partial charge in [0.2, 0.25) is 0 Å². The smallest absolute Gasteiger partial charge is 0.137 e. The summed E-state index contributed by atoms with van der Waals surface area (Å²) in [5, 5.41) is 3.36. The molecule has 1 N–H and O–H groups in total. The van der Waals surface area contributed by atoms with Gasteiger partial charge < -0.3 is 10.1 Å². The summed E-state index contributed by atoms with van der Waals surface area (Å²) in [6.07, 6.45) is 4.73. The lowest BCUT2D eigenvalue weighted by Crippen LogP contribution is -2.19. The summed E-state index contributed by atoms with van der Waals surface area (Å²) in [4.78, 5) is 4.28. The Balaban J connectivity index is 2.58. The Bertz CT molecular complexity index is 358. The van der Waals surface area contributed by atoms with Gasteiger partial charge in [-0.1, -0.05) is 20.8 Å². The highest BCUT2D eigenvalue weighted by Crippen LogP contribution is 2.22. The van der Waals surface area contributed by atoms with Gasteiger partial charge in [0.15, 0.2) is 0 Å². The summed E-state index contributed by atoms with van der Waals surface area (Å²) in [6.45, 7) is 7.36. The minimum atomic E-state index is 0.335. The van der Waals surface area contributed by atoms with E-state index in [1.54, 1.807) is 6.20 Å². The summed E-state index contributed by atoms with van der Waals surface area (Å²) in [5.74, 6) is 3.86. The molecule has 19 heavy (non-hydrogen) atoms. The van der Waals surface area contributed by atoms with Crippen molar-refractivity contribution in [2.75, 3.05) is 25.2 Å². The number of aromatic nitrogens is 1. The van der Waals surface area contributed by atoms with E-state index in [0.29, 0.717) is 6.04 Å². The van der Waals surface area contributed by atoms with E-state index in [1.165, 1.54) is 11.3 Å². The van der Waals surface area contributed by atoms with Gasteiger partial charge in [0.1, 0.15) is 5.75 Å². The maximum atomic E-state index is 5.64. The Labute approximate surface area is 121 Å². The van der Waals surface area contributed by atoms with Crippen LogP contribution in [0.25, 0.3) is 0 Å². The molecule has 108 valence electrons. The predicted octanol–water partition coefficient (Wildman–Crippen LogP) is 3.52. The topological polar surface area (TPSA) is 34.1 Å². The Hall–Kier alpha value is -0.740. The van der Waals surface area contributed by atoms with E-state index >= 15 is 0 Å². The molecule has 1 aromatic heterocycles. The largest absolute Gasteiger partial charge is 0.492 e. The lowest BCUT2D eigenvalue weighted by molar-refractivity contribution is 0.315. The minimum absolute atomic E-state index is 0.335. The lowest BCUT2D eigenvalue weighted by Gasteiger charge is -2.17. The second kappa shape index (κ2) is 9.21. The number of ether oxygens (including phenoxy) is 1. The number of nitrogens with one attached hydrogen (secondary N) is 1. The zero-order chi connectivity index (χ0) is 14.1. The first-order valence-corrected chi connectivity index (χ1v) is 8.15. The number of hydrogen-bond donors (Lipinski definition) is 1. The molecule has 1 heterocycles. The molecule has 0 aliphatic heterocycles. The van der Waals surface area contributed by atoms with E-state index in [0.717, 1.165) is 30.4 Å². The van der Waals surface area contributed by atoms with Gasteiger partial charge in [-0.2, -0.15) is 11.8 Å². The number of thioether (sulfide) groups is 1. The lowest BCUT2D eigenvalue weighted by atomic mass is 10.1. The highest BCUT2D eigenvalue weighted by molar-refractivity contribution is 7.99. The maximum Gasteiger partial charge on any atom is 0.137 e. The Morgan fingerprint density at radius 1 is 1.32 bits per heavy atom. The molecule has 0 aromatic carbocycles. The molecule has 0 radical (unpaired) electrons. The fourth-order valence-corrected chi connectivity index (χ4v) is 2.90. The van der Waals surface area contributed by atoms with Crippen molar-refractivity contribution in [1.29, 1.82) is 0 Å². The van der Waals surface area contributed by atoms with Crippen LogP contribution >= 0.6 is 11.8 Å². The molecule has 1 aromatic rings. The third-order valence-corrected chi connectivity index (χ3v) is 4.17. The number of rotatable bonds is 9. The minimum Gasteiger partial charge on any atom is -0.492 e. The molecule has 1 rings (SSSR count). The summed E-state index contributed by atoms with van der Waals surface area (Å²) >= 11 is 1.98. The highest BCUT2D eigenvalue weighted by Gasteiger charge is 2.11. The van der Waals surface area contributed by atoms with Crippen molar-refractivity contribution in [1.82, 2.24) is 10.3 Å². The SMILES string of the molecule is CCCOc1cncc(C(CSCC(C)C)NC)c1. The van der Waals surface area contributed by atoms with Crippen molar-refractivity contribution in [3.8, 4) is 5.75 Å². The van der Waals surface area contributed by atoms with Gasteiger partial charge in [-0.25, -0.2) is 0 Å². The van der Waals surface area contributed by atoms with Crippen LogP contribution in [-0.2, 0) is 0 Å². The molecule has 0 bridgehead atoms. The zero-order valence-corrected chi connectivity index (χ0v) is 13.3. The first kappa shape index (κ1) is 16.3. The van der Waals surface area contributed by atoms with Crippen LogP contribution < -0.4 is 10.1 Å². The highest BCUT2D eigenvalue weighted by atomic mass is 32.2. The molecular weight excluding hydrogens is 256 g/mol. The van der Waals surface area contributed by atoms with Gasteiger partial charge in [-0.3, -0.25) is 4.98 Å². The standard InChI is InChI=1S/C15H26N2OS/c1-5-6-18-14-7-13(8-17-9-14)15(16-4)11-19-10-12(2)3/h7-9,12,15-16H,5-6,10-11H2,1-4H3. The second-order valence-electron chi connectivity index (χ2n) is 5.08. The van der Waals surface area contributed by atoms with E-state index in [2.05, 4.69) is 37.1 Å². The van der Waals surface area contributed by atoms with E-state index in [4.69, 9.17) is 4.74 Å². The molecule has 0 saturated heterocycles. The van der Waals surface area contributed by atoms with Gasteiger partial charge in [-0.05, 0) is 36.8 Å².